The fourth-order valence-corrected chi connectivity index (χ4v) is 3.94. The van der Waals surface area contributed by atoms with E-state index in [0.717, 1.165) is 12.1 Å². The van der Waals surface area contributed by atoms with E-state index in [9.17, 15) is 27.2 Å². The number of ether oxygens (including phenoxy) is 3. The first kappa shape index (κ1) is 28.8. The highest BCUT2D eigenvalue weighted by Crippen LogP contribution is 2.37. The minimum Gasteiger partial charge on any atom is -0.467 e. The van der Waals surface area contributed by atoms with Crippen molar-refractivity contribution < 1.29 is 41.4 Å². The summed E-state index contributed by atoms with van der Waals surface area (Å²) in [6.07, 6.45) is -1.95. The molecule has 0 spiro atoms. The lowest BCUT2D eigenvalue weighted by molar-refractivity contribution is -0.137. The average Bonchev–Trinajstić information content (AvgIpc) is 3.38. The number of carbonyl (C=O) groups excluding carboxylic acids is 2. The lowest BCUT2D eigenvalue weighted by atomic mass is 9.97. The first-order chi connectivity index (χ1) is 19.0. The molecule has 1 fully saturated rings. The molecule has 11 nitrogen and oxygen atoms in total. The van der Waals surface area contributed by atoms with Crippen molar-refractivity contribution in [2.75, 3.05) is 25.6 Å². The first-order valence-corrected chi connectivity index (χ1v) is 11.9. The molecule has 40 heavy (non-hydrogen) atoms. The summed E-state index contributed by atoms with van der Waals surface area (Å²) in [4.78, 5) is 37.3. The van der Waals surface area contributed by atoms with E-state index in [4.69, 9.17) is 25.8 Å². The maximum absolute atomic E-state index is 13.4. The Labute approximate surface area is 229 Å². The van der Waals surface area contributed by atoms with E-state index in [1.54, 1.807) is 0 Å². The second-order valence-electron chi connectivity index (χ2n) is 8.45. The van der Waals surface area contributed by atoms with Crippen molar-refractivity contribution in [3.05, 3.63) is 65.0 Å². The van der Waals surface area contributed by atoms with E-state index in [-0.39, 0.29) is 54.3 Å². The summed E-state index contributed by atoms with van der Waals surface area (Å²) in [6, 6.07) is 3.58. The Morgan fingerprint density at radius 1 is 1.15 bits per heavy atom. The Bertz CT molecular complexity index is 1390. The van der Waals surface area contributed by atoms with Gasteiger partial charge >= 0.3 is 18.3 Å². The molecule has 0 saturated carbocycles. The van der Waals surface area contributed by atoms with Crippen molar-refractivity contribution in [1.29, 1.82) is 0 Å². The summed E-state index contributed by atoms with van der Waals surface area (Å²) in [7, 11) is 1.38. The molecule has 1 saturated heterocycles. The zero-order valence-electron chi connectivity index (χ0n) is 20.6. The number of hydrogen-bond donors (Lipinski definition) is 3. The van der Waals surface area contributed by atoms with Gasteiger partial charge in [0.05, 0.1) is 66.5 Å². The van der Waals surface area contributed by atoms with Crippen LogP contribution < -0.4 is 25.4 Å². The third kappa shape index (κ3) is 6.84. The van der Waals surface area contributed by atoms with Crippen LogP contribution in [0.4, 0.5) is 33.7 Å². The van der Waals surface area contributed by atoms with Crippen LogP contribution in [0.1, 0.15) is 17.7 Å². The maximum Gasteiger partial charge on any atom is 0.418 e. The van der Waals surface area contributed by atoms with Gasteiger partial charge in [-0.15, -0.1) is 0 Å². The first-order valence-electron chi connectivity index (χ1n) is 11.5. The maximum atomic E-state index is 13.4. The standard InChI is InChI=1S/C24H21ClF4N6O5/c1-38-21-32-9-15(10-33-21)40-22(37)35-23(4-5-39-12-23)20(36)31-11-19-17(25)7-14(8-30-19)34-18-3-2-13(26)6-16(18)24(27,28)29/h2-3,6-10,34H,4-5,11-12H2,1H3,(H,31,36)(H,35,37)/t23-/m0/s1. The highest BCUT2D eigenvalue weighted by atomic mass is 35.5. The molecule has 3 heterocycles. The van der Waals surface area contributed by atoms with Crippen molar-refractivity contribution >= 4 is 35.0 Å². The van der Waals surface area contributed by atoms with Crippen LogP contribution in [0, 0.1) is 5.82 Å². The van der Waals surface area contributed by atoms with Crippen LogP contribution in [0.3, 0.4) is 0 Å². The number of rotatable bonds is 8. The summed E-state index contributed by atoms with van der Waals surface area (Å²) < 4.78 is 68.5. The molecule has 2 amide bonds. The number of alkyl halides is 3. The largest absolute Gasteiger partial charge is 0.467 e. The van der Waals surface area contributed by atoms with Gasteiger partial charge < -0.3 is 30.2 Å². The highest BCUT2D eigenvalue weighted by Gasteiger charge is 2.44. The third-order valence-electron chi connectivity index (χ3n) is 5.69. The number of benzene rings is 1. The molecular formula is C24H21ClF4N6O5. The molecule has 0 unspecified atom stereocenters. The van der Waals surface area contributed by atoms with Gasteiger partial charge in [-0.05, 0) is 24.3 Å². The Kier molecular flexibility index (Phi) is 8.54. The number of halogens is 5. The van der Waals surface area contributed by atoms with Crippen LogP contribution in [0.2, 0.25) is 5.02 Å². The summed E-state index contributed by atoms with van der Waals surface area (Å²) in [6.45, 7) is -0.106. The van der Waals surface area contributed by atoms with E-state index >= 15 is 0 Å². The Balaban J connectivity index is 1.40. The van der Waals surface area contributed by atoms with Gasteiger partial charge in [-0.1, -0.05) is 11.6 Å². The van der Waals surface area contributed by atoms with Gasteiger partial charge in [0.15, 0.2) is 5.75 Å². The van der Waals surface area contributed by atoms with Crippen LogP contribution in [-0.2, 0) is 22.3 Å². The molecule has 1 aromatic carbocycles. The number of amides is 2. The Morgan fingerprint density at radius 2 is 1.90 bits per heavy atom. The second-order valence-corrected chi connectivity index (χ2v) is 8.86. The second kappa shape index (κ2) is 11.9. The molecule has 4 rings (SSSR count). The fourth-order valence-electron chi connectivity index (χ4n) is 3.70. The molecule has 212 valence electrons. The molecule has 3 N–H and O–H groups in total. The highest BCUT2D eigenvalue weighted by molar-refractivity contribution is 6.31. The number of nitrogens with zero attached hydrogens (tertiary/aromatic N) is 3. The summed E-state index contributed by atoms with van der Waals surface area (Å²) >= 11 is 6.25. The number of carbonyl (C=O) groups is 2. The van der Waals surface area contributed by atoms with Gasteiger partial charge in [0.2, 0.25) is 5.91 Å². The number of methoxy groups -OCH3 is 1. The van der Waals surface area contributed by atoms with Crippen LogP contribution >= 0.6 is 11.6 Å². The fraction of sp³-hybridized carbons (Fsp3) is 0.292. The summed E-state index contributed by atoms with van der Waals surface area (Å²) in [5.74, 6) is -1.63. The van der Waals surface area contributed by atoms with Gasteiger partial charge in [0.25, 0.3) is 0 Å². The quantitative estimate of drug-likeness (QED) is 0.336. The number of pyridine rings is 1. The Hall–Kier alpha value is -4.24. The number of hydrogen-bond acceptors (Lipinski definition) is 9. The molecule has 3 aromatic rings. The predicted molar refractivity (Wildman–Crippen MR) is 132 cm³/mol. The molecule has 1 aliphatic rings. The van der Waals surface area contributed by atoms with Gasteiger partial charge in [0.1, 0.15) is 11.4 Å². The van der Waals surface area contributed by atoms with Crippen molar-refractivity contribution in [2.24, 2.45) is 0 Å². The normalized spacial score (nSPS) is 16.8. The molecule has 1 aliphatic heterocycles. The third-order valence-corrected chi connectivity index (χ3v) is 6.02. The van der Waals surface area contributed by atoms with Crippen molar-refractivity contribution in [3.63, 3.8) is 0 Å². The van der Waals surface area contributed by atoms with Gasteiger partial charge in [0, 0.05) is 13.0 Å². The van der Waals surface area contributed by atoms with Crippen molar-refractivity contribution in [2.45, 2.75) is 24.7 Å². The predicted octanol–water partition coefficient (Wildman–Crippen LogP) is 4.00. The summed E-state index contributed by atoms with van der Waals surface area (Å²) in [5, 5.41) is 7.69. The van der Waals surface area contributed by atoms with E-state index in [0.29, 0.717) is 6.07 Å². The topological polar surface area (TPSA) is 137 Å². The minimum atomic E-state index is -4.80. The molecule has 1 atom stereocenters. The van der Waals surface area contributed by atoms with Crippen LogP contribution in [0.5, 0.6) is 11.8 Å². The molecule has 0 aliphatic carbocycles. The lowest BCUT2D eigenvalue weighted by Gasteiger charge is -2.27. The Morgan fingerprint density at radius 3 is 2.52 bits per heavy atom. The average molecular weight is 585 g/mol. The molecule has 0 radical (unpaired) electrons. The molecular weight excluding hydrogens is 564 g/mol. The van der Waals surface area contributed by atoms with Crippen molar-refractivity contribution in [1.82, 2.24) is 25.6 Å². The van der Waals surface area contributed by atoms with Gasteiger partial charge in [-0.3, -0.25) is 9.78 Å². The monoisotopic (exact) mass is 584 g/mol. The van der Waals surface area contributed by atoms with E-state index in [1.165, 1.54) is 31.8 Å². The van der Waals surface area contributed by atoms with E-state index in [2.05, 4.69) is 30.9 Å². The zero-order chi connectivity index (χ0) is 28.9. The molecule has 2 aromatic heterocycles. The van der Waals surface area contributed by atoms with Crippen LogP contribution in [-0.4, -0.2) is 52.8 Å². The lowest BCUT2D eigenvalue weighted by Crippen LogP contribution is -2.59. The van der Waals surface area contributed by atoms with Crippen molar-refractivity contribution in [3.8, 4) is 11.8 Å². The minimum absolute atomic E-state index is 0.0143. The summed E-state index contributed by atoms with van der Waals surface area (Å²) in [5.41, 5.74) is -2.74. The SMILES string of the molecule is COc1ncc(OC(=O)N[C@@]2(C(=O)NCc3ncc(Nc4ccc(F)cc4C(F)(F)F)cc3Cl)CCOC2)cn1. The van der Waals surface area contributed by atoms with Crippen LogP contribution in [0.15, 0.2) is 42.9 Å². The zero-order valence-corrected chi connectivity index (χ0v) is 21.4. The van der Waals surface area contributed by atoms with Gasteiger partial charge in [-0.2, -0.15) is 23.1 Å². The van der Waals surface area contributed by atoms with E-state index in [1.807, 2.05) is 0 Å². The van der Waals surface area contributed by atoms with Crippen LogP contribution in [0.25, 0.3) is 0 Å². The smallest absolute Gasteiger partial charge is 0.418 e. The van der Waals surface area contributed by atoms with Gasteiger partial charge in [-0.25, -0.2) is 9.18 Å². The number of nitrogens with one attached hydrogen (secondary N) is 3. The molecule has 0 bridgehead atoms. The molecule has 16 heteroatoms. The number of aromatic nitrogens is 3. The number of anilines is 2. The van der Waals surface area contributed by atoms with E-state index < -0.39 is 40.8 Å².